The number of hydrogen-bond acceptors (Lipinski definition) is 3. The van der Waals surface area contributed by atoms with E-state index in [-0.39, 0.29) is 5.41 Å². The second kappa shape index (κ2) is 2.77. The average Bonchev–Trinajstić information content (AvgIpc) is 2.70. The van der Waals surface area contributed by atoms with Crippen molar-refractivity contribution in [3.8, 4) is 0 Å². The SMILES string of the molecule is OP1OCC2(CO1)CC1C=CC2C1. The summed E-state index contributed by atoms with van der Waals surface area (Å²) in [6.45, 7) is 1.36. The van der Waals surface area contributed by atoms with Gasteiger partial charge in [-0.25, -0.2) is 0 Å². The lowest BCUT2D eigenvalue weighted by atomic mass is 9.77. The number of allylic oxidation sites excluding steroid dienone is 2. The Bertz CT molecular complexity index is 245. The van der Waals surface area contributed by atoms with Gasteiger partial charge in [0.2, 0.25) is 0 Å². The van der Waals surface area contributed by atoms with Crippen LogP contribution in [0.5, 0.6) is 0 Å². The molecule has 1 saturated heterocycles. The van der Waals surface area contributed by atoms with Crippen LogP contribution in [0, 0.1) is 17.3 Å². The van der Waals surface area contributed by atoms with Crippen molar-refractivity contribution in [2.75, 3.05) is 13.2 Å². The Hall–Kier alpha value is 0.0500. The molecule has 72 valence electrons. The molecular weight excluding hydrogens is 187 g/mol. The van der Waals surface area contributed by atoms with E-state index in [1.165, 1.54) is 12.8 Å². The molecule has 0 aromatic carbocycles. The Balaban J connectivity index is 1.80. The van der Waals surface area contributed by atoms with Gasteiger partial charge < -0.3 is 13.9 Å². The van der Waals surface area contributed by atoms with Crippen molar-refractivity contribution in [1.82, 2.24) is 0 Å². The van der Waals surface area contributed by atoms with Gasteiger partial charge in [-0.1, -0.05) is 12.2 Å². The van der Waals surface area contributed by atoms with E-state index in [0.29, 0.717) is 19.1 Å². The van der Waals surface area contributed by atoms with Gasteiger partial charge in [0.25, 0.3) is 0 Å². The van der Waals surface area contributed by atoms with Crippen LogP contribution < -0.4 is 0 Å². The molecule has 13 heavy (non-hydrogen) atoms. The summed E-state index contributed by atoms with van der Waals surface area (Å²) in [7, 11) is -1.57. The Morgan fingerprint density at radius 3 is 2.62 bits per heavy atom. The highest BCUT2D eigenvalue weighted by Crippen LogP contribution is 2.57. The minimum atomic E-state index is -1.57. The van der Waals surface area contributed by atoms with Gasteiger partial charge in [0.05, 0.1) is 13.2 Å². The fourth-order valence-corrected chi connectivity index (χ4v) is 3.64. The molecule has 2 aliphatic carbocycles. The lowest BCUT2D eigenvalue weighted by Gasteiger charge is -2.39. The van der Waals surface area contributed by atoms with Gasteiger partial charge >= 0.3 is 8.60 Å². The second-order valence-electron chi connectivity index (χ2n) is 4.34. The van der Waals surface area contributed by atoms with E-state index in [1.807, 2.05) is 0 Å². The Labute approximate surface area is 78.7 Å². The van der Waals surface area contributed by atoms with E-state index >= 15 is 0 Å². The Morgan fingerprint density at radius 1 is 1.31 bits per heavy atom. The van der Waals surface area contributed by atoms with E-state index in [2.05, 4.69) is 12.2 Å². The van der Waals surface area contributed by atoms with Gasteiger partial charge in [-0.3, -0.25) is 0 Å². The molecule has 1 spiro atoms. The highest BCUT2D eigenvalue weighted by molar-refractivity contribution is 7.40. The monoisotopic (exact) mass is 200 g/mol. The van der Waals surface area contributed by atoms with E-state index in [4.69, 9.17) is 13.9 Å². The van der Waals surface area contributed by atoms with Crippen molar-refractivity contribution >= 4 is 8.60 Å². The number of rotatable bonds is 0. The summed E-state index contributed by atoms with van der Waals surface area (Å²) in [5.41, 5.74) is 0.195. The molecule has 2 fully saturated rings. The zero-order valence-corrected chi connectivity index (χ0v) is 8.24. The third-order valence-corrected chi connectivity index (χ3v) is 4.25. The van der Waals surface area contributed by atoms with Gasteiger partial charge in [-0.2, -0.15) is 0 Å². The van der Waals surface area contributed by atoms with Gasteiger partial charge in [0.1, 0.15) is 0 Å². The largest absolute Gasteiger partial charge is 0.329 e. The van der Waals surface area contributed by atoms with Crippen LogP contribution in [-0.2, 0) is 9.05 Å². The third-order valence-electron chi connectivity index (χ3n) is 3.55. The zero-order chi connectivity index (χ0) is 8.89. The summed E-state index contributed by atoms with van der Waals surface area (Å²) in [4.78, 5) is 9.13. The fourth-order valence-electron chi connectivity index (χ4n) is 2.83. The van der Waals surface area contributed by atoms with Crippen molar-refractivity contribution in [2.24, 2.45) is 17.3 Å². The Morgan fingerprint density at radius 2 is 2.08 bits per heavy atom. The molecule has 1 N–H and O–H groups in total. The fraction of sp³-hybridized carbons (Fsp3) is 0.778. The average molecular weight is 200 g/mol. The van der Waals surface area contributed by atoms with Crippen LogP contribution in [0.1, 0.15) is 12.8 Å². The summed E-state index contributed by atoms with van der Waals surface area (Å²) in [5, 5.41) is 0. The van der Waals surface area contributed by atoms with E-state index in [1.54, 1.807) is 0 Å². The van der Waals surface area contributed by atoms with Gasteiger partial charge in [-0.05, 0) is 24.7 Å². The molecule has 2 bridgehead atoms. The van der Waals surface area contributed by atoms with Gasteiger partial charge in [0.15, 0.2) is 0 Å². The molecule has 1 saturated carbocycles. The molecule has 2 atom stereocenters. The molecular formula is C9H13O3P. The first kappa shape index (κ1) is 8.37. The van der Waals surface area contributed by atoms with Gasteiger partial charge in [0, 0.05) is 5.41 Å². The van der Waals surface area contributed by atoms with Crippen LogP contribution in [0.2, 0.25) is 0 Å². The lowest BCUT2D eigenvalue weighted by molar-refractivity contribution is -0.00131. The van der Waals surface area contributed by atoms with Crippen LogP contribution in [0.3, 0.4) is 0 Å². The standard InChI is InChI=1S/C9H13O3P/c10-13-11-5-9(6-12-13)4-7-1-2-8(9)3-7/h1-2,7-8,10H,3-6H2. The zero-order valence-electron chi connectivity index (χ0n) is 7.35. The van der Waals surface area contributed by atoms with Crippen molar-refractivity contribution in [3.63, 3.8) is 0 Å². The molecule has 1 heterocycles. The van der Waals surface area contributed by atoms with Crippen LogP contribution in [0.4, 0.5) is 0 Å². The molecule has 3 aliphatic rings. The lowest BCUT2D eigenvalue weighted by Crippen LogP contribution is -2.38. The molecule has 3 nitrogen and oxygen atoms in total. The summed E-state index contributed by atoms with van der Waals surface area (Å²) in [6, 6.07) is 0. The quantitative estimate of drug-likeness (QED) is 0.479. The van der Waals surface area contributed by atoms with E-state index in [9.17, 15) is 0 Å². The molecule has 4 heteroatoms. The second-order valence-corrected chi connectivity index (χ2v) is 5.33. The first-order valence-electron chi connectivity index (χ1n) is 4.72. The maximum absolute atomic E-state index is 9.13. The van der Waals surface area contributed by atoms with Crippen LogP contribution in [0.25, 0.3) is 0 Å². The van der Waals surface area contributed by atoms with Crippen molar-refractivity contribution in [2.45, 2.75) is 12.8 Å². The molecule has 3 rings (SSSR count). The smallest absolute Gasteiger partial charge is 0.328 e. The third kappa shape index (κ3) is 1.18. The molecule has 2 unspecified atom stereocenters. The molecule has 0 radical (unpaired) electrons. The highest BCUT2D eigenvalue weighted by atomic mass is 31.2. The summed E-state index contributed by atoms with van der Waals surface area (Å²) in [5.74, 6) is 1.36. The normalized spacial score (nSPS) is 53.5. The number of hydrogen-bond donors (Lipinski definition) is 1. The minimum absolute atomic E-state index is 0.195. The van der Waals surface area contributed by atoms with E-state index in [0.717, 1.165) is 5.92 Å². The maximum Gasteiger partial charge on any atom is 0.329 e. The number of fused-ring (bicyclic) bond motifs is 3. The van der Waals surface area contributed by atoms with Crippen LogP contribution >= 0.6 is 8.60 Å². The summed E-state index contributed by atoms with van der Waals surface area (Å²) >= 11 is 0. The highest BCUT2D eigenvalue weighted by Gasteiger charge is 2.51. The maximum atomic E-state index is 9.13. The molecule has 1 aliphatic heterocycles. The van der Waals surface area contributed by atoms with Crippen molar-refractivity contribution < 1.29 is 13.9 Å². The molecule has 0 aromatic rings. The topological polar surface area (TPSA) is 38.7 Å². The molecule has 0 amide bonds. The van der Waals surface area contributed by atoms with Crippen LogP contribution in [0.15, 0.2) is 12.2 Å². The predicted octanol–water partition coefficient (Wildman–Crippen LogP) is 1.83. The first-order chi connectivity index (χ1) is 6.28. The Kier molecular flexibility index (Phi) is 1.78. The minimum Gasteiger partial charge on any atom is -0.328 e. The first-order valence-corrected chi connectivity index (χ1v) is 5.85. The van der Waals surface area contributed by atoms with Crippen LogP contribution in [-0.4, -0.2) is 18.1 Å². The summed E-state index contributed by atoms with van der Waals surface area (Å²) in [6.07, 6.45) is 7.05. The van der Waals surface area contributed by atoms with Crippen molar-refractivity contribution in [3.05, 3.63) is 12.2 Å². The van der Waals surface area contributed by atoms with E-state index < -0.39 is 8.60 Å². The summed E-state index contributed by atoms with van der Waals surface area (Å²) < 4.78 is 10.5. The molecule has 0 aromatic heterocycles. The van der Waals surface area contributed by atoms with Gasteiger partial charge in [-0.15, -0.1) is 0 Å². The predicted molar refractivity (Wildman–Crippen MR) is 48.8 cm³/mol. The van der Waals surface area contributed by atoms with Crippen molar-refractivity contribution in [1.29, 1.82) is 0 Å².